The Morgan fingerprint density at radius 3 is 2.50 bits per heavy atom. The third-order valence-corrected chi connectivity index (χ3v) is 3.10. The average molecular weight is 249 g/mol. The Hall–Kier alpha value is -1.02. The Morgan fingerprint density at radius 1 is 1.00 bits per heavy atom. The quantitative estimate of drug-likeness (QED) is 0.629. The number of unbranched alkanes of at least 4 members (excludes halogenated alkanes) is 5. The summed E-state index contributed by atoms with van der Waals surface area (Å²) in [4.78, 5) is 0. The van der Waals surface area contributed by atoms with E-state index in [-0.39, 0.29) is 0 Å². The fraction of sp³-hybridized carbons (Fsp3) is 0.625. The Balaban J connectivity index is 2.18. The van der Waals surface area contributed by atoms with E-state index < -0.39 is 0 Å². The number of para-hydroxylation sites is 1. The Bertz CT molecular complexity index is 312. The molecule has 0 aliphatic carbocycles. The van der Waals surface area contributed by atoms with Gasteiger partial charge in [-0.05, 0) is 19.5 Å². The molecule has 18 heavy (non-hydrogen) atoms. The summed E-state index contributed by atoms with van der Waals surface area (Å²) in [5, 5.41) is 3.17. The van der Waals surface area contributed by atoms with E-state index in [1.54, 1.807) is 0 Å². The van der Waals surface area contributed by atoms with Crippen molar-refractivity contribution in [1.82, 2.24) is 5.32 Å². The van der Waals surface area contributed by atoms with Gasteiger partial charge in [0.1, 0.15) is 5.75 Å². The van der Waals surface area contributed by atoms with E-state index in [0.29, 0.717) is 0 Å². The van der Waals surface area contributed by atoms with Gasteiger partial charge >= 0.3 is 0 Å². The van der Waals surface area contributed by atoms with Crippen LogP contribution in [0.1, 0.15) is 51.0 Å². The Labute approximate surface area is 112 Å². The van der Waals surface area contributed by atoms with Gasteiger partial charge in [0.25, 0.3) is 0 Å². The van der Waals surface area contributed by atoms with Crippen LogP contribution >= 0.6 is 0 Å². The molecule has 0 spiro atoms. The van der Waals surface area contributed by atoms with Crippen molar-refractivity contribution in [2.24, 2.45) is 0 Å². The van der Waals surface area contributed by atoms with E-state index >= 15 is 0 Å². The molecule has 0 fully saturated rings. The summed E-state index contributed by atoms with van der Waals surface area (Å²) in [5.41, 5.74) is 1.24. The first-order valence-electron chi connectivity index (χ1n) is 7.23. The van der Waals surface area contributed by atoms with E-state index in [0.717, 1.165) is 25.3 Å². The van der Waals surface area contributed by atoms with E-state index in [2.05, 4.69) is 30.4 Å². The van der Waals surface area contributed by atoms with Crippen LogP contribution < -0.4 is 10.1 Å². The first-order chi connectivity index (χ1) is 8.88. The predicted molar refractivity (Wildman–Crippen MR) is 78.1 cm³/mol. The van der Waals surface area contributed by atoms with Crippen LogP contribution in [-0.4, -0.2) is 13.7 Å². The van der Waals surface area contributed by atoms with E-state index in [1.807, 2.05) is 13.1 Å². The van der Waals surface area contributed by atoms with E-state index in [1.165, 1.54) is 37.7 Å². The molecule has 1 rings (SSSR count). The fourth-order valence-electron chi connectivity index (χ4n) is 2.05. The molecule has 0 aliphatic heterocycles. The molecule has 1 aromatic rings. The molecule has 0 amide bonds. The molecule has 0 aliphatic rings. The second-order valence-electron chi connectivity index (χ2n) is 4.75. The maximum atomic E-state index is 5.86. The Kier molecular flexibility index (Phi) is 8.32. The third-order valence-electron chi connectivity index (χ3n) is 3.10. The number of ether oxygens (including phenoxy) is 1. The minimum atomic E-state index is 0.840. The van der Waals surface area contributed by atoms with Crippen LogP contribution in [0.25, 0.3) is 0 Å². The van der Waals surface area contributed by atoms with Gasteiger partial charge in [-0.15, -0.1) is 0 Å². The van der Waals surface area contributed by atoms with Gasteiger partial charge in [-0.3, -0.25) is 0 Å². The number of hydrogen-bond donors (Lipinski definition) is 1. The van der Waals surface area contributed by atoms with Crippen LogP contribution in [0.4, 0.5) is 0 Å². The topological polar surface area (TPSA) is 21.3 Å². The highest BCUT2D eigenvalue weighted by Crippen LogP contribution is 2.18. The lowest BCUT2D eigenvalue weighted by molar-refractivity contribution is 0.301. The lowest BCUT2D eigenvalue weighted by Gasteiger charge is -2.11. The number of nitrogens with one attached hydrogen (secondary N) is 1. The fourth-order valence-corrected chi connectivity index (χ4v) is 2.05. The summed E-state index contributed by atoms with van der Waals surface area (Å²) in [6.45, 7) is 3.96. The number of benzene rings is 1. The zero-order valence-electron chi connectivity index (χ0n) is 11.9. The van der Waals surface area contributed by atoms with Gasteiger partial charge in [0.15, 0.2) is 0 Å². The Morgan fingerprint density at radius 2 is 1.72 bits per heavy atom. The molecule has 0 radical (unpaired) electrons. The number of hydrogen-bond acceptors (Lipinski definition) is 2. The normalized spacial score (nSPS) is 10.6. The zero-order valence-corrected chi connectivity index (χ0v) is 11.9. The molecule has 1 aromatic carbocycles. The maximum absolute atomic E-state index is 5.86. The second-order valence-corrected chi connectivity index (χ2v) is 4.75. The molecule has 0 unspecified atom stereocenters. The number of rotatable bonds is 10. The first-order valence-corrected chi connectivity index (χ1v) is 7.23. The molecule has 0 aromatic heterocycles. The molecule has 0 bridgehead atoms. The van der Waals surface area contributed by atoms with Crippen LogP contribution in [-0.2, 0) is 6.54 Å². The van der Waals surface area contributed by atoms with Crippen LogP contribution in [0.2, 0.25) is 0 Å². The summed E-state index contributed by atoms with van der Waals surface area (Å²) < 4.78 is 5.86. The minimum absolute atomic E-state index is 0.840. The van der Waals surface area contributed by atoms with Gasteiger partial charge < -0.3 is 10.1 Å². The van der Waals surface area contributed by atoms with Crippen molar-refractivity contribution in [1.29, 1.82) is 0 Å². The van der Waals surface area contributed by atoms with Gasteiger partial charge in [-0.1, -0.05) is 57.2 Å². The smallest absolute Gasteiger partial charge is 0.123 e. The van der Waals surface area contributed by atoms with Crippen molar-refractivity contribution < 1.29 is 4.74 Å². The van der Waals surface area contributed by atoms with Crippen LogP contribution in [0.3, 0.4) is 0 Å². The van der Waals surface area contributed by atoms with Gasteiger partial charge in [0.05, 0.1) is 6.61 Å². The highest BCUT2D eigenvalue weighted by Gasteiger charge is 2.01. The summed E-state index contributed by atoms with van der Waals surface area (Å²) in [6.07, 6.45) is 7.84. The minimum Gasteiger partial charge on any atom is -0.493 e. The van der Waals surface area contributed by atoms with Crippen LogP contribution in [0.5, 0.6) is 5.75 Å². The molecule has 0 heterocycles. The third kappa shape index (κ3) is 6.06. The molecule has 2 heteroatoms. The SMILES string of the molecule is CCCCCCCCOc1ccccc1CNC. The van der Waals surface area contributed by atoms with Gasteiger partial charge in [-0.25, -0.2) is 0 Å². The van der Waals surface area contributed by atoms with Crippen molar-refractivity contribution in [3.8, 4) is 5.75 Å². The summed E-state index contributed by atoms with van der Waals surface area (Å²) in [6, 6.07) is 8.27. The highest BCUT2D eigenvalue weighted by molar-refractivity contribution is 5.33. The molecule has 1 N–H and O–H groups in total. The predicted octanol–water partition coefficient (Wildman–Crippen LogP) is 4.15. The zero-order chi connectivity index (χ0) is 13.1. The largest absolute Gasteiger partial charge is 0.493 e. The standard InChI is InChI=1S/C16H27NO/c1-3-4-5-6-7-10-13-18-16-12-9-8-11-15(16)14-17-2/h8-9,11-12,17H,3-7,10,13-14H2,1-2H3. The van der Waals surface area contributed by atoms with Crippen LogP contribution in [0.15, 0.2) is 24.3 Å². The van der Waals surface area contributed by atoms with Gasteiger partial charge in [-0.2, -0.15) is 0 Å². The molecular weight excluding hydrogens is 222 g/mol. The summed E-state index contributed by atoms with van der Waals surface area (Å²) in [7, 11) is 1.96. The maximum Gasteiger partial charge on any atom is 0.123 e. The lowest BCUT2D eigenvalue weighted by Crippen LogP contribution is -2.08. The molecule has 2 nitrogen and oxygen atoms in total. The highest BCUT2D eigenvalue weighted by atomic mass is 16.5. The summed E-state index contributed by atoms with van der Waals surface area (Å²) in [5.74, 6) is 1.03. The van der Waals surface area contributed by atoms with E-state index in [9.17, 15) is 0 Å². The van der Waals surface area contributed by atoms with Crippen LogP contribution in [0, 0.1) is 0 Å². The lowest BCUT2D eigenvalue weighted by atomic mass is 10.1. The van der Waals surface area contributed by atoms with Crippen molar-refractivity contribution >= 4 is 0 Å². The second kappa shape index (κ2) is 9.95. The first kappa shape index (κ1) is 15.0. The molecule has 102 valence electrons. The van der Waals surface area contributed by atoms with Crippen molar-refractivity contribution in [2.45, 2.75) is 52.0 Å². The van der Waals surface area contributed by atoms with Crippen molar-refractivity contribution in [3.63, 3.8) is 0 Å². The molecule has 0 saturated carbocycles. The molecular formula is C16H27NO. The van der Waals surface area contributed by atoms with E-state index in [4.69, 9.17) is 4.74 Å². The van der Waals surface area contributed by atoms with Gasteiger partial charge in [0, 0.05) is 12.1 Å². The van der Waals surface area contributed by atoms with Gasteiger partial charge in [0.2, 0.25) is 0 Å². The van der Waals surface area contributed by atoms with Crippen molar-refractivity contribution in [2.75, 3.05) is 13.7 Å². The molecule has 0 atom stereocenters. The monoisotopic (exact) mass is 249 g/mol. The average Bonchev–Trinajstić information content (AvgIpc) is 2.40. The molecule has 0 saturated heterocycles. The summed E-state index contributed by atoms with van der Waals surface area (Å²) >= 11 is 0. The van der Waals surface area contributed by atoms with Crippen molar-refractivity contribution in [3.05, 3.63) is 29.8 Å².